The molecule has 1 aromatic heterocycles. The average molecular weight is 194 g/mol. The molecule has 0 radical (unpaired) electrons. The molecule has 1 N–H and O–H groups in total. The lowest BCUT2D eigenvalue weighted by Crippen LogP contribution is -2.19. The Labute approximate surface area is 85.4 Å². The number of hydrogen-bond acceptors (Lipinski definition) is 3. The number of unbranched alkanes of at least 4 members (excludes halogenated alkanes) is 1. The number of aliphatic hydroxyl groups excluding tert-OH is 1. The molecule has 1 aromatic rings. The molecule has 0 saturated carbocycles. The van der Waals surface area contributed by atoms with Gasteiger partial charge in [0, 0.05) is 37.2 Å². The van der Waals surface area contributed by atoms with Gasteiger partial charge >= 0.3 is 0 Å². The zero-order chi connectivity index (χ0) is 10.4. The van der Waals surface area contributed by atoms with Gasteiger partial charge in [-0.25, -0.2) is 0 Å². The van der Waals surface area contributed by atoms with Gasteiger partial charge in [0.2, 0.25) is 0 Å². The van der Waals surface area contributed by atoms with E-state index >= 15 is 0 Å². The highest BCUT2D eigenvalue weighted by Gasteiger charge is 2.05. The van der Waals surface area contributed by atoms with Crippen LogP contribution in [0.4, 0.5) is 5.69 Å². The van der Waals surface area contributed by atoms with Gasteiger partial charge in [-0.15, -0.1) is 0 Å². The van der Waals surface area contributed by atoms with E-state index in [1.807, 2.05) is 13.1 Å². The summed E-state index contributed by atoms with van der Waals surface area (Å²) in [4.78, 5) is 6.16. The summed E-state index contributed by atoms with van der Waals surface area (Å²) in [5.74, 6) is 0. The topological polar surface area (TPSA) is 36.4 Å². The summed E-state index contributed by atoms with van der Waals surface area (Å²) in [6.45, 7) is 3.25. The molecule has 0 aliphatic carbocycles. The predicted molar refractivity (Wildman–Crippen MR) is 58.3 cm³/mol. The van der Waals surface area contributed by atoms with Gasteiger partial charge in [-0.05, 0) is 12.5 Å². The van der Waals surface area contributed by atoms with E-state index in [4.69, 9.17) is 5.11 Å². The Balaban J connectivity index is 2.72. The highest BCUT2D eigenvalue weighted by molar-refractivity contribution is 5.51. The molecule has 14 heavy (non-hydrogen) atoms. The minimum Gasteiger partial charge on any atom is -0.392 e. The second kappa shape index (κ2) is 5.60. The number of pyridine rings is 1. The second-order valence-corrected chi connectivity index (χ2v) is 3.44. The third kappa shape index (κ3) is 2.70. The molecular weight excluding hydrogens is 176 g/mol. The molecule has 0 aromatic carbocycles. The van der Waals surface area contributed by atoms with Crippen molar-refractivity contribution in [3.8, 4) is 0 Å². The van der Waals surface area contributed by atoms with E-state index in [0.29, 0.717) is 0 Å². The maximum absolute atomic E-state index is 9.13. The molecule has 78 valence electrons. The fraction of sp³-hybridized carbons (Fsp3) is 0.545. The lowest BCUT2D eigenvalue weighted by atomic mass is 10.2. The summed E-state index contributed by atoms with van der Waals surface area (Å²) in [5.41, 5.74) is 1.97. The first-order valence-electron chi connectivity index (χ1n) is 5.04. The maximum atomic E-state index is 9.13. The fourth-order valence-electron chi connectivity index (χ4n) is 1.43. The molecule has 0 aliphatic rings. The van der Waals surface area contributed by atoms with Gasteiger partial charge in [-0.1, -0.05) is 13.3 Å². The van der Waals surface area contributed by atoms with E-state index in [1.165, 1.54) is 12.8 Å². The van der Waals surface area contributed by atoms with Crippen molar-refractivity contribution >= 4 is 5.69 Å². The molecule has 0 aliphatic heterocycles. The molecule has 0 fully saturated rings. The van der Waals surface area contributed by atoms with Gasteiger partial charge in [-0.2, -0.15) is 0 Å². The standard InChI is InChI=1S/C11H18N2O/c1-3-4-7-13(2)11-5-6-12-8-10(11)9-14/h5-6,8,14H,3-4,7,9H2,1-2H3. The quantitative estimate of drug-likeness (QED) is 0.776. The van der Waals surface area contributed by atoms with Crippen molar-refractivity contribution in [2.75, 3.05) is 18.5 Å². The molecule has 3 nitrogen and oxygen atoms in total. The largest absolute Gasteiger partial charge is 0.392 e. The Bertz CT molecular complexity index is 276. The van der Waals surface area contributed by atoms with E-state index in [0.717, 1.165) is 17.8 Å². The van der Waals surface area contributed by atoms with Crippen molar-refractivity contribution in [3.63, 3.8) is 0 Å². The van der Waals surface area contributed by atoms with Gasteiger partial charge in [0.15, 0.2) is 0 Å². The van der Waals surface area contributed by atoms with Crippen LogP contribution in [0.25, 0.3) is 0 Å². The van der Waals surface area contributed by atoms with Crippen LogP contribution in [0.3, 0.4) is 0 Å². The second-order valence-electron chi connectivity index (χ2n) is 3.44. The van der Waals surface area contributed by atoms with Gasteiger partial charge in [0.05, 0.1) is 6.61 Å². The molecule has 0 saturated heterocycles. The van der Waals surface area contributed by atoms with Crippen LogP contribution in [0.2, 0.25) is 0 Å². The summed E-state index contributed by atoms with van der Waals surface area (Å²) >= 11 is 0. The van der Waals surface area contributed by atoms with Crippen molar-refractivity contribution in [2.45, 2.75) is 26.4 Å². The summed E-state index contributed by atoms with van der Waals surface area (Å²) < 4.78 is 0. The van der Waals surface area contributed by atoms with E-state index in [-0.39, 0.29) is 6.61 Å². The zero-order valence-corrected chi connectivity index (χ0v) is 8.90. The minimum atomic E-state index is 0.0552. The number of rotatable bonds is 5. The Morgan fingerprint density at radius 2 is 2.29 bits per heavy atom. The van der Waals surface area contributed by atoms with E-state index in [2.05, 4.69) is 16.8 Å². The molecular formula is C11H18N2O. The van der Waals surface area contributed by atoms with Crippen LogP contribution in [0.15, 0.2) is 18.5 Å². The van der Waals surface area contributed by atoms with E-state index in [9.17, 15) is 0 Å². The van der Waals surface area contributed by atoms with Crippen LogP contribution in [-0.4, -0.2) is 23.7 Å². The van der Waals surface area contributed by atoms with Crippen LogP contribution in [0, 0.1) is 0 Å². The van der Waals surface area contributed by atoms with Gasteiger partial charge in [0.1, 0.15) is 0 Å². The first kappa shape index (κ1) is 11.0. The van der Waals surface area contributed by atoms with Crippen LogP contribution < -0.4 is 4.90 Å². The minimum absolute atomic E-state index is 0.0552. The Kier molecular flexibility index (Phi) is 4.40. The molecule has 0 spiro atoms. The van der Waals surface area contributed by atoms with Gasteiger partial charge < -0.3 is 10.0 Å². The maximum Gasteiger partial charge on any atom is 0.0717 e. The van der Waals surface area contributed by atoms with Gasteiger partial charge in [-0.3, -0.25) is 4.98 Å². The van der Waals surface area contributed by atoms with E-state index in [1.54, 1.807) is 12.4 Å². The SMILES string of the molecule is CCCCN(C)c1ccncc1CO. The third-order valence-corrected chi connectivity index (χ3v) is 2.31. The molecule has 0 atom stereocenters. The van der Waals surface area contributed by atoms with Crippen molar-refractivity contribution < 1.29 is 5.11 Å². The molecule has 3 heteroatoms. The van der Waals surface area contributed by atoms with Crippen LogP contribution >= 0.6 is 0 Å². The number of hydrogen-bond donors (Lipinski definition) is 1. The van der Waals surface area contributed by atoms with Crippen LogP contribution in [-0.2, 0) is 6.61 Å². The number of aromatic nitrogens is 1. The molecule has 0 unspecified atom stereocenters. The lowest BCUT2D eigenvalue weighted by molar-refractivity contribution is 0.281. The summed E-state index contributed by atoms with van der Waals surface area (Å²) in [6.07, 6.45) is 5.84. The highest BCUT2D eigenvalue weighted by atomic mass is 16.3. The third-order valence-electron chi connectivity index (χ3n) is 2.31. The normalized spacial score (nSPS) is 10.2. The van der Waals surface area contributed by atoms with Crippen molar-refractivity contribution in [3.05, 3.63) is 24.0 Å². The van der Waals surface area contributed by atoms with Crippen molar-refractivity contribution in [2.24, 2.45) is 0 Å². The zero-order valence-electron chi connectivity index (χ0n) is 8.90. The first-order chi connectivity index (χ1) is 6.79. The Hall–Kier alpha value is -1.09. The smallest absolute Gasteiger partial charge is 0.0717 e. The summed E-state index contributed by atoms with van der Waals surface area (Å²) in [5, 5.41) is 9.13. The van der Waals surface area contributed by atoms with Crippen molar-refractivity contribution in [1.29, 1.82) is 0 Å². The predicted octanol–water partition coefficient (Wildman–Crippen LogP) is 1.81. The molecule has 1 heterocycles. The monoisotopic (exact) mass is 194 g/mol. The first-order valence-corrected chi connectivity index (χ1v) is 5.04. The molecule has 1 rings (SSSR count). The number of aliphatic hydroxyl groups is 1. The average Bonchev–Trinajstić information content (AvgIpc) is 2.25. The Morgan fingerprint density at radius 1 is 1.50 bits per heavy atom. The fourth-order valence-corrected chi connectivity index (χ4v) is 1.43. The molecule has 0 amide bonds. The number of nitrogens with zero attached hydrogens (tertiary/aromatic N) is 2. The highest BCUT2D eigenvalue weighted by Crippen LogP contribution is 2.17. The lowest BCUT2D eigenvalue weighted by Gasteiger charge is -2.21. The summed E-state index contributed by atoms with van der Waals surface area (Å²) in [6, 6.07) is 1.95. The van der Waals surface area contributed by atoms with Gasteiger partial charge in [0.25, 0.3) is 0 Å². The van der Waals surface area contributed by atoms with Crippen LogP contribution in [0.1, 0.15) is 25.3 Å². The number of anilines is 1. The summed E-state index contributed by atoms with van der Waals surface area (Å²) in [7, 11) is 2.05. The molecule has 0 bridgehead atoms. The van der Waals surface area contributed by atoms with E-state index < -0.39 is 0 Å². The van der Waals surface area contributed by atoms with Crippen molar-refractivity contribution in [1.82, 2.24) is 4.98 Å². The van der Waals surface area contributed by atoms with Crippen LogP contribution in [0.5, 0.6) is 0 Å². The Morgan fingerprint density at radius 3 is 2.93 bits per heavy atom.